The summed E-state index contributed by atoms with van der Waals surface area (Å²) in [6, 6.07) is 14.9. The molecule has 0 amide bonds. The van der Waals surface area contributed by atoms with Gasteiger partial charge in [-0.1, -0.05) is 30.3 Å². The molecule has 0 spiro atoms. The standard InChI is InChI=1S/C18H14N2O2/c1-22-18(21)14-9-6-13(7-10-14)8-11-15-12-19-16-4-2-3-5-17(16)20-15/h2-12H,1H3/b11-8+. The molecule has 0 aliphatic carbocycles. The van der Waals surface area contributed by atoms with Crippen molar-refractivity contribution in [3.8, 4) is 0 Å². The monoisotopic (exact) mass is 290 g/mol. The van der Waals surface area contributed by atoms with Crippen LogP contribution in [0.5, 0.6) is 0 Å². The fourth-order valence-electron chi connectivity index (χ4n) is 2.08. The summed E-state index contributed by atoms with van der Waals surface area (Å²) in [5, 5.41) is 0. The van der Waals surface area contributed by atoms with E-state index in [9.17, 15) is 4.79 Å². The zero-order valence-corrected chi connectivity index (χ0v) is 12.1. The number of carbonyl (C=O) groups is 1. The number of esters is 1. The molecule has 0 saturated carbocycles. The molecule has 0 fully saturated rings. The van der Waals surface area contributed by atoms with Gasteiger partial charge in [0.15, 0.2) is 0 Å². The van der Waals surface area contributed by atoms with E-state index >= 15 is 0 Å². The molecule has 1 heterocycles. The van der Waals surface area contributed by atoms with Crippen LogP contribution in [0, 0.1) is 0 Å². The number of ether oxygens (including phenoxy) is 1. The van der Waals surface area contributed by atoms with Gasteiger partial charge in [-0.05, 0) is 35.9 Å². The second kappa shape index (κ2) is 6.18. The zero-order chi connectivity index (χ0) is 15.4. The van der Waals surface area contributed by atoms with E-state index in [4.69, 9.17) is 0 Å². The van der Waals surface area contributed by atoms with Crippen LogP contribution >= 0.6 is 0 Å². The normalized spacial score (nSPS) is 11.0. The number of fused-ring (bicyclic) bond motifs is 1. The topological polar surface area (TPSA) is 52.1 Å². The van der Waals surface area contributed by atoms with Crippen molar-refractivity contribution in [1.29, 1.82) is 0 Å². The molecule has 3 rings (SSSR count). The minimum absolute atomic E-state index is 0.337. The summed E-state index contributed by atoms with van der Waals surface area (Å²) >= 11 is 0. The SMILES string of the molecule is COC(=O)c1ccc(/C=C/c2cnc3ccccc3n2)cc1. The van der Waals surface area contributed by atoms with Gasteiger partial charge in [-0.15, -0.1) is 0 Å². The summed E-state index contributed by atoms with van der Waals surface area (Å²) in [4.78, 5) is 20.3. The maximum Gasteiger partial charge on any atom is 0.337 e. The molecule has 0 saturated heterocycles. The quantitative estimate of drug-likeness (QED) is 0.692. The highest BCUT2D eigenvalue weighted by Gasteiger charge is 2.03. The zero-order valence-electron chi connectivity index (χ0n) is 12.1. The van der Waals surface area contributed by atoms with E-state index in [0.717, 1.165) is 22.3 Å². The van der Waals surface area contributed by atoms with Crippen molar-refractivity contribution >= 4 is 29.2 Å². The van der Waals surface area contributed by atoms with Gasteiger partial charge in [0.2, 0.25) is 0 Å². The molecule has 22 heavy (non-hydrogen) atoms. The van der Waals surface area contributed by atoms with Crippen LogP contribution in [-0.4, -0.2) is 23.0 Å². The number of para-hydroxylation sites is 2. The van der Waals surface area contributed by atoms with Crippen LogP contribution in [0.15, 0.2) is 54.7 Å². The van der Waals surface area contributed by atoms with E-state index in [-0.39, 0.29) is 5.97 Å². The molecule has 0 radical (unpaired) electrons. The summed E-state index contributed by atoms with van der Waals surface area (Å²) in [7, 11) is 1.37. The summed E-state index contributed by atoms with van der Waals surface area (Å²) in [6.45, 7) is 0. The molecule has 2 aromatic carbocycles. The van der Waals surface area contributed by atoms with Crippen molar-refractivity contribution in [2.24, 2.45) is 0 Å². The van der Waals surface area contributed by atoms with Crippen molar-refractivity contribution in [2.75, 3.05) is 7.11 Å². The van der Waals surface area contributed by atoms with Crippen LogP contribution in [0.1, 0.15) is 21.6 Å². The van der Waals surface area contributed by atoms with Crippen molar-refractivity contribution < 1.29 is 9.53 Å². The maximum absolute atomic E-state index is 11.4. The van der Waals surface area contributed by atoms with Crippen LogP contribution in [0.4, 0.5) is 0 Å². The summed E-state index contributed by atoms with van der Waals surface area (Å²) in [5.74, 6) is -0.337. The molecule has 0 unspecified atom stereocenters. The highest BCUT2D eigenvalue weighted by Crippen LogP contribution is 2.12. The second-order valence-corrected chi connectivity index (χ2v) is 4.73. The molecule has 3 aromatic rings. The Bertz CT molecular complexity index is 839. The Balaban J connectivity index is 1.81. The first-order valence-corrected chi connectivity index (χ1v) is 6.84. The number of rotatable bonds is 3. The summed E-state index contributed by atoms with van der Waals surface area (Å²) in [6.07, 6.45) is 5.56. The Labute approximate surface area is 128 Å². The number of benzene rings is 2. The molecule has 0 N–H and O–H groups in total. The molecular weight excluding hydrogens is 276 g/mol. The molecule has 0 aliphatic rings. The molecule has 108 valence electrons. The van der Waals surface area contributed by atoms with E-state index in [1.54, 1.807) is 18.3 Å². The lowest BCUT2D eigenvalue weighted by molar-refractivity contribution is 0.0601. The molecule has 0 bridgehead atoms. The molecule has 4 nitrogen and oxygen atoms in total. The minimum atomic E-state index is -0.337. The first kappa shape index (κ1) is 13.9. The lowest BCUT2D eigenvalue weighted by Crippen LogP contribution is -2.00. The summed E-state index contributed by atoms with van der Waals surface area (Å²) < 4.78 is 4.67. The largest absolute Gasteiger partial charge is 0.465 e. The minimum Gasteiger partial charge on any atom is -0.465 e. The number of hydrogen-bond acceptors (Lipinski definition) is 4. The van der Waals surface area contributed by atoms with Gasteiger partial charge in [0, 0.05) is 0 Å². The van der Waals surface area contributed by atoms with Gasteiger partial charge >= 0.3 is 5.97 Å². The molecule has 1 aromatic heterocycles. The van der Waals surface area contributed by atoms with Crippen LogP contribution in [0.25, 0.3) is 23.2 Å². The highest BCUT2D eigenvalue weighted by molar-refractivity contribution is 5.89. The predicted molar refractivity (Wildman–Crippen MR) is 86.2 cm³/mol. The van der Waals surface area contributed by atoms with Gasteiger partial charge in [0.1, 0.15) is 0 Å². The number of aromatic nitrogens is 2. The van der Waals surface area contributed by atoms with Crippen molar-refractivity contribution in [2.45, 2.75) is 0 Å². The smallest absolute Gasteiger partial charge is 0.337 e. The number of carbonyl (C=O) groups excluding carboxylic acids is 1. The predicted octanol–water partition coefficient (Wildman–Crippen LogP) is 3.59. The average Bonchev–Trinajstić information content (AvgIpc) is 2.59. The third kappa shape index (κ3) is 3.01. The van der Waals surface area contributed by atoms with E-state index in [1.807, 2.05) is 48.6 Å². The maximum atomic E-state index is 11.4. The Morgan fingerprint density at radius 2 is 1.73 bits per heavy atom. The van der Waals surface area contributed by atoms with Gasteiger partial charge in [-0.2, -0.15) is 0 Å². The van der Waals surface area contributed by atoms with E-state index in [1.165, 1.54) is 7.11 Å². The fourth-order valence-corrected chi connectivity index (χ4v) is 2.08. The van der Waals surface area contributed by atoms with E-state index in [2.05, 4.69) is 14.7 Å². The van der Waals surface area contributed by atoms with Crippen molar-refractivity contribution in [3.05, 3.63) is 71.5 Å². The van der Waals surface area contributed by atoms with E-state index < -0.39 is 0 Å². The van der Waals surface area contributed by atoms with E-state index in [0.29, 0.717) is 5.56 Å². The molecule has 4 heteroatoms. The third-order valence-corrected chi connectivity index (χ3v) is 3.25. The van der Waals surface area contributed by atoms with Gasteiger partial charge in [-0.3, -0.25) is 4.98 Å². The van der Waals surface area contributed by atoms with Gasteiger partial charge in [0.25, 0.3) is 0 Å². The van der Waals surface area contributed by atoms with Crippen molar-refractivity contribution in [3.63, 3.8) is 0 Å². The fraction of sp³-hybridized carbons (Fsp3) is 0.0556. The van der Waals surface area contributed by atoms with Gasteiger partial charge < -0.3 is 4.74 Å². The molecular formula is C18H14N2O2. The number of nitrogens with zero attached hydrogens (tertiary/aromatic N) is 2. The highest BCUT2D eigenvalue weighted by atomic mass is 16.5. The first-order valence-electron chi connectivity index (χ1n) is 6.84. The third-order valence-electron chi connectivity index (χ3n) is 3.25. The molecule has 0 atom stereocenters. The Hall–Kier alpha value is -3.01. The number of methoxy groups -OCH3 is 1. The van der Waals surface area contributed by atoms with Crippen LogP contribution < -0.4 is 0 Å². The Morgan fingerprint density at radius 1 is 1.00 bits per heavy atom. The average molecular weight is 290 g/mol. The van der Waals surface area contributed by atoms with Crippen LogP contribution in [0.3, 0.4) is 0 Å². The number of hydrogen-bond donors (Lipinski definition) is 0. The second-order valence-electron chi connectivity index (χ2n) is 4.73. The first-order chi connectivity index (χ1) is 10.8. The molecule has 0 aliphatic heterocycles. The van der Waals surface area contributed by atoms with Crippen LogP contribution in [0.2, 0.25) is 0 Å². The lowest BCUT2D eigenvalue weighted by Gasteiger charge is -2.00. The summed E-state index contributed by atoms with van der Waals surface area (Å²) in [5.41, 5.74) is 4.04. The van der Waals surface area contributed by atoms with Crippen molar-refractivity contribution in [1.82, 2.24) is 9.97 Å². The van der Waals surface area contributed by atoms with Gasteiger partial charge in [-0.25, -0.2) is 9.78 Å². The Morgan fingerprint density at radius 3 is 2.45 bits per heavy atom. The van der Waals surface area contributed by atoms with Crippen LogP contribution in [-0.2, 0) is 4.74 Å². The Kier molecular flexibility index (Phi) is 3.92. The lowest BCUT2D eigenvalue weighted by atomic mass is 10.1. The van der Waals surface area contributed by atoms with Gasteiger partial charge in [0.05, 0.1) is 35.6 Å².